The predicted molar refractivity (Wildman–Crippen MR) is 79.2 cm³/mol. The summed E-state index contributed by atoms with van der Waals surface area (Å²) in [6.07, 6.45) is 2.66. The van der Waals surface area contributed by atoms with Gasteiger partial charge in [0.25, 0.3) is 0 Å². The minimum absolute atomic E-state index is 0.297. The Morgan fingerprint density at radius 2 is 2.33 bits per heavy atom. The van der Waals surface area contributed by atoms with Crippen LogP contribution in [0.2, 0.25) is 0 Å². The van der Waals surface area contributed by atoms with Crippen molar-refractivity contribution < 1.29 is 0 Å². The van der Waals surface area contributed by atoms with E-state index in [4.69, 9.17) is 18.0 Å². The molecule has 0 bridgehead atoms. The maximum atomic E-state index is 5.56. The Kier molecular flexibility index (Phi) is 4.22. The van der Waals surface area contributed by atoms with Gasteiger partial charge in [-0.05, 0) is 23.9 Å². The lowest BCUT2D eigenvalue weighted by Gasteiger charge is -2.16. The molecule has 0 radical (unpaired) electrons. The Balaban J connectivity index is 2.02. The van der Waals surface area contributed by atoms with E-state index in [9.17, 15) is 0 Å². The fourth-order valence-corrected chi connectivity index (χ4v) is 2.31. The maximum absolute atomic E-state index is 5.56. The summed E-state index contributed by atoms with van der Waals surface area (Å²) in [7, 11) is 1.96. The summed E-state index contributed by atoms with van der Waals surface area (Å²) in [6.45, 7) is 0.862. The van der Waals surface area contributed by atoms with Gasteiger partial charge < -0.3 is 10.6 Å². The van der Waals surface area contributed by atoms with Gasteiger partial charge in [0, 0.05) is 24.7 Å². The number of anilines is 1. The van der Waals surface area contributed by atoms with Crippen molar-refractivity contribution in [1.82, 2.24) is 9.97 Å². The highest BCUT2D eigenvalue weighted by atomic mass is 32.1. The van der Waals surface area contributed by atoms with E-state index in [1.54, 1.807) is 23.6 Å². The van der Waals surface area contributed by atoms with Crippen LogP contribution in [0.1, 0.15) is 10.6 Å². The molecule has 94 valence electrons. The van der Waals surface area contributed by atoms with Crippen molar-refractivity contribution in [2.24, 2.45) is 5.73 Å². The lowest BCUT2D eigenvalue weighted by Crippen LogP contribution is -2.23. The number of hydrogen-bond donors (Lipinski definition) is 1. The van der Waals surface area contributed by atoms with Crippen LogP contribution in [-0.2, 0) is 6.42 Å². The largest absolute Gasteiger partial charge is 0.388 e. The molecular formula is C12H14N4S2. The van der Waals surface area contributed by atoms with Crippen LogP contribution in [0.25, 0.3) is 0 Å². The van der Waals surface area contributed by atoms with Gasteiger partial charge in [-0.25, -0.2) is 9.97 Å². The molecule has 4 nitrogen and oxygen atoms in total. The van der Waals surface area contributed by atoms with Crippen LogP contribution < -0.4 is 10.6 Å². The number of thiocarbonyl (C=S) groups is 1. The SMILES string of the molecule is CN(CCc1cccs1)c1nccc(C(N)=S)n1. The second-order valence-electron chi connectivity index (χ2n) is 3.86. The molecule has 0 atom stereocenters. The summed E-state index contributed by atoms with van der Waals surface area (Å²) in [6, 6.07) is 5.91. The van der Waals surface area contributed by atoms with E-state index >= 15 is 0 Å². The third-order valence-electron chi connectivity index (χ3n) is 2.51. The van der Waals surface area contributed by atoms with Crippen molar-refractivity contribution >= 4 is 34.5 Å². The van der Waals surface area contributed by atoms with Gasteiger partial charge in [-0.3, -0.25) is 0 Å². The quantitative estimate of drug-likeness (QED) is 0.846. The van der Waals surface area contributed by atoms with Gasteiger partial charge in [-0.1, -0.05) is 18.3 Å². The Bertz CT molecular complexity index is 525. The molecule has 2 N–H and O–H groups in total. The van der Waals surface area contributed by atoms with Crippen molar-refractivity contribution in [3.8, 4) is 0 Å². The van der Waals surface area contributed by atoms with E-state index in [-0.39, 0.29) is 0 Å². The molecule has 0 saturated carbocycles. The molecule has 0 fully saturated rings. The molecule has 0 aliphatic carbocycles. The van der Waals surface area contributed by atoms with Crippen molar-refractivity contribution in [3.63, 3.8) is 0 Å². The summed E-state index contributed by atoms with van der Waals surface area (Å²) < 4.78 is 0. The van der Waals surface area contributed by atoms with E-state index in [1.807, 2.05) is 11.9 Å². The van der Waals surface area contributed by atoms with Crippen molar-refractivity contribution in [2.75, 3.05) is 18.5 Å². The first-order valence-corrected chi connectivity index (χ1v) is 6.82. The minimum Gasteiger partial charge on any atom is -0.388 e. The highest BCUT2D eigenvalue weighted by Gasteiger charge is 2.07. The van der Waals surface area contributed by atoms with Gasteiger partial charge in [-0.15, -0.1) is 11.3 Å². The molecule has 6 heteroatoms. The molecule has 0 aliphatic rings. The Morgan fingerprint density at radius 3 is 3.00 bits per heavy atom. The number of nitrogens with two attached hydrogens (primary N) is 1. The summed E-state index contributed by atoms with van der Waals surface area (Å²) in [4.78, 5) is 12.2. The van der Waals surface area contributed by atoms with Gasteiger partial charge in [0.15, 0.2) is 0 Å². The number of thiophene rings is 1. The summed E-state index contributed by atoms with van der Waals surface area (Å²) in [5.41, 5.74) is 6.17. The average molecular weight is 278 g/mol. The molecule has 0 aromatic carbocycles. The third kappa shape index (κ3) is 3.24. The van der Waals surface area contributed by atoms with E-state index < -0.39 is 0 Å². The second kappa shape index (κ2) is 5.88. The predicted octanol–water partition coefficient (Wildman–Crippen LogP) is 1.85. The zero-order valence-corrected chi connectivity index (χ0v) is 11.7. The summed E-state index contributed by atoms with van der Waals surface area (Å²) in [5, 5.41) is 2.08. The molecule has 2 rings (SSSR count). The van der Waals surface area contributed by atoms with Crippen LogP contribution in [0.15, 0.2) is 29.8 Å². The molecule has 18 heavy (non-hydrogen) atoms. The van der Waals surface area contributed by atoms with Crippen molar-refractivity contribution in [2.45, 2.75) is 6.42 Å². The molecule has 0 amide bonds. The molecule has 2 aromatic rings. The van der Waals surface area contributed by atoms with Crippen molar-refractivity contribution in [3.05, 3.63) is 40.3 Å². The molecule has 0 unspecified atom stereocenters. The molecule has 2 heterocycles. The van der Waals surface area contributed by atoms with Crippen LogP contribution >= 0.6 is 23.6 Å². The van der Waals surface area contributed by atoms with E-state index in [0.29, 0.717) is 16.6 Å². The van der Waals surface area contributed by atoms with Gasteiger partial charge in [0.05, 0.1) is 0 Å². The number of nitrogens with zero attached hydrogens (tertiary/aromatic N) is 3. The van der Waals surface area contributed by atoms with Crippen LogP contribution in [0.5, 0.6) is 0 Å². The number of likely N-dealkylation sites (N-methyl/N-ethyl adjacent to an activating group) is 1. The van der Waals surface area contributed by atoms with Crippen LogP contribution in [0.4, 0.5) is 5.95 Å². The first kappa shape index (κ1) is 12.9. The minimum atomic E-state index is 0.297. The van der Waals surface area contributed by atoms with Gasteiger partial charge in [0.1, 0.15) is 10.7 Å². The van der Waals surface area contributed by atoms with E-state index in [0.717, 1.165) is 13.0 Å². The highest BCUT2D eigenvalue weighted by molar-refractivity contribution is 7.80. The average Bonchev–Trinajstić information content (AvgIpc) is 2.89. The summed E-state index contributed by atoms with van der Waals surface area (Å²) in [5.74, 6) is 0.650. The van der Waals surface area contributed by atoms with Gasteiger partial charge in [0.2, 0.25) is 5.95 Å². The maximum Gasteiger partial charge on any atom is 0.225 e. The third-order valence-corrected chi connectivity index (χ3v) is 3.66. The first-order chi connectivity index (χ1) is 8.66. The number of rotatable bonds is 5. The molecular weight excluding hydrogens is 264 g/mol. The van der Waals surface area contributed by atoms with E-state index in [2.05, 4.69) is 27.5 Å². The van der Waals surface area contributed by atoms with Gasteiger partial charge in [-0.2, -0.15) is 0 Å². The zero-order valence-electron chi connectivity index (χ0n) is 10.0. The van der Waals surface area contributed by atoms with Gasteiger partial charge >= 0.3 is 0 Å². The lowest BCUT2D eigenvalue weighted by molar-refractivity contribution is 0.844. The topological polar surface area (TPSA) is 55.0 Å². The fourth-order valence-electron chi connectivity index (χ4n) is 1.50. The molecule has 0 aliphatic heterocycles. The highest BCUT2D eigenvalue weighted by Crippen LogP contribution is 2.11. The second-order valence-corrected chi connectivity index (χ2v) is 5.33. The smallest absolute Gasteiger partial charge is 0.225 e. The normalized spacial score (nSPS) is 10.3. The fraction of sp³-hybridized carbons (Fsp3) is 0.250. The first-order valence-electron chi connectivity index (χ1n) is 5.53. The standard InChI is InChI=1S/C12H14N4S2/c1-16(7-5-9-3-2-8-18-9)12-14-6-4-10(15-12)11(13)17/h2-4,6,8H,5,7H2,1H3,(H2,13,17). The van der Waals surface area contributed by atoms with E-state index in [1.165, 1.54) is 4.88 Å². The Hall–Kier alpha value is -1.53. The number of aromatic nitrogens is 2. The molecule has 0 spiro atoms. The van der Waals surface area contributed by atoms with Crippen LogP contribution in [0.3, 0.4) is 0 Å². The molecule has 0 saturated heterocycles. The zero-order chi connectivity index (χ0) is 13.0. The molecule has 2 aromatic heterocycles. The van der Waals surface area contributed by atoms with Crippen molar-refractivity contribution in [1.29, 1.82) is 0 Å². The van der Waals surface area contributed by atoms with Crippen LogP contribution in [-0.4, -0.2) is 28.5 Å². The van der Waals surface area contributed by atoms with Crippen LogP contribution in [0, 0.1) is 0 Å². The lowest BCUT2D eigenvalue weighted by atomic mass is 10.3. The Labute approximate surface area is 115 Å². The summed E-state index contributed by atoms with van der Waals surface area (Å²) >= 11 is 6.67. The Morgan fingerprint density at radius 1 is 1.50 bits per heavy atom. The number of hydrogen-bond acceptors (Lipinski definition) is 5. The monoisotopic (exact) mass is 278 g/mol.